The molecule has 0 spiro atoms. The molecule has 1 heterocycles. The van der Waals surface area contributed by atoms with Gasteiger partial charge in [-0.3, -0.25) is 4.90 Å². The van der Waals surface area contributed by atoms with E-state index in [1.54, 1.807) is 0 Å². The van der Waals surface area contributed by atoms with E-state index in [4.69, 9.17) is 0 Å². The number of hydrogen-bond donors (Lipinski definition) is 2. The Bertz CT molecular complexity index is 627. The lowest BCUT2D eigenvalue weighted by Crippen LogP contribution is -2.51. The van der Waals surface area contributed by atoms with E-state index in [-0.39, 0.29) is 11.7 Å². The van der Waals surface area contributed by atoms with E-state index in [9.17, 15) is 18.0 Å². The van der Waals surface area contributed by atoms with Gasteiger partial charge in [-0.25, -0.2) is 4.79 Å². The van der Waals surface area contributed by atoms with Crippen molar-refractivity contribution in [3.8, 4) is 0 Å². The first-order valence-corrected chi connectivity index (χ1v) is 9.91. The quantitative estimate of drug-likeness (QED) is 0.721. The maximum Gasteiger partial charge on any atom is 0.418 e. The molecule has 0 radical (unpaired) electrons. The van der Waals surface area contributed by atoms with Crippen molar-refractivity contribution in [1.82, 2.24) is 10.2 Å². The number of piperidine rings is 1. The number of hydrogen-bond acceptors (Lipinski definition) is 2. The van der Waals surface area contributed by atoms with Crippen molar-refractivity contribution in [3.63, 3.8) is 0 Å². The van der Waals surface area contributed by atoms with Gasteiger partial charge in [-0.2, -0.15) is 13.2 Å². The summed E-state index contributed by atoms with van der Waals surface area (Å²) in [5.41, 5.74) is -1.04. The average molecular weight is 383 g/mol. The number of carbonyl (C=O) groups excluding carboxylic acids is 1. The number of urea groups is 1. The average Bonchev–Trinajstić information content (AvgIpc) is 2.91. The third kappa shape index (κ3) is 5.61. The summed E-state index contributed by atoms with van der Waals surface area (Å²) < 4.78 is 39.2. The lowest BCUT2D eigenvalue weighted by molar-refractivity contribution is -0.136. The van der Waals surface area contributed by atoms with Crippen LogP contribution in [0.1, 0.15) is 56.9 Å². The number of rotatable bonds is 3. The number of amides is 2. The van der Waals surface area contributed by atoms with Gasteiger partial charge in [-0.15, -0.1) is 0 Å². The van der Waals surface area contributed by atoms with Crippen LogP contribution in [0.5, 0.6) is 0 Å². The molecule has 7 heteroatoms. The van der Waals surface area contributed by atoms with Gasteiger partial charge in [-0.1, -0.05) is 37.8 Å². The maximum absolute atomic E-state index is 13.1. The zero-order valence-corrected chi connectivity index (χ0v) is 15.5. The summed E-state index contributed by atoms with van der Waals surface area (Å²) in [6.45, 7) is 1.82. The van der Waals surface area contributed by atoms with Crippen LogP contribution in [0.4, 0.5) is 23.7 Å². The van der Waals surface area contributed by atoms with Crippen LogP contribution in [0.3, 0.4) is 0 Å². The van der Waals surface area contributed by atoms with Crippen LogP contribution in [0, 0.1) is 0 Å². The van der Waals surface area contributed by atoms with Crippen molar-refractivity contribution in [1.29, 1.82) is 0 Å². The summed E-state index contributed by atoms with van der Waals surface area (Å²) in [5, 5.41) is 5.25. The molecule has 2 fully saturated rings. The van der Waals surface area contributed by atoms with Crippen molar-refractivity contribution in [2.75, 3.05) is 18.4 Å². The molecule has 27 heavy (non-hydrogen) atoms. The first-order chi connectivity index (χ1) is 12.9. The molecule has 150 valence electrons. The summed E-state index contributed by atoms with van der Waals surface area (Å²) in [6.07, 6.45) is 4.89. The van der Waals surface area contributed by atoms with Crippen molar-refractivity contribution in [2.24, 2.45) is 0 Å². The first-order valence-electron chi connectivity index (χ1n) is 9.91. The lowest BCUT2D eigenvalue weighted by Gasteiger charge is -2.38. The van der Waals surface area contributed by atoms with Gasteiger partial charge in [0.15, 0.2) is 0 Å². The largest absolute Gasteiger partial charge is 0.418 e. The number of nitrogens with zero attached hydrogens (tertiary/aromatic N) is 1. The SMILES string of the molecule is O=C(Nc1ccccc1C(F)(F)F)N[C@@H]1CCCN(C2CCCCCC2)C1. The van der Waals surface area contributed by atoms with Crippen molar-refractivity contribution < 1.29 is 18.0 Å². The molecule has 2 N–H and O–H groups in total. The summed E-state index contributed by atoms with van der Waals surface area (Å²) in [7, 11) is 0. The topological polar surface area (TPSA) is 44.4 Å². The molecule has 1 saturated heterocycles. The summed E-state index contributed by atoms with van der Waals surface area (Å²) in [4.78, 5) is 14.8. The number of benzene rings is 1. The van der Waals surface area contributed by atoms with Gasteiger partial charge >= 0.3 is 12.2 Å². The van der Waals surface area contributed by atoms with Crippen LogP contribution >= 0.6 is 0 Å². The minimum atomic E-state index is -4.50. The Kier molecular flexibility index (Phi) is 6.63. The molecule has 1 aromatic carbocycles. The molecule has 2 amide bonds. The molecule has 1 atom stereocenters. The molecule has 2 aliphatic rings. The van der Waals surface area contributed by atoms with Crippen LogP contribution in [0.2, 0.25) is 0 Å². The van der Waals surface area contributed by atoms with Crippen molar-refractivity contribution in [3.05, 3.63) is 29.8 Å². The fraction of sp³-hybridized carbons (Fsp3) is 0.650. The third-order valence-corrected chi connectivity index (χ3v) is 5.61. The normalized spacial score (nSPS) is 22.9. The minimum Gasteiger partial charge on any atom is -0.334 e. The van der Waals surface area contributed by atoms with Gasteiger partial charge in [0.25, 0.3) is 0 Å². The monoisotopic (exact) mass is 383 g/mol. The predicted octanol–water partition coefficient (Wildman–Crippen LogP) is 5.01. The van der Waals surface area contributed by atoms with Gasteiger partial charge < -0.3 is 10.6 Å². The molecular formula is C20H28F3N3O. The maximum atomic E-state index is 13.1. The molecule has 1 saturated carbocycles. The Morgan fingerprint density at radius 3 is 2.41 bits per heavy atom. The molecule has 1 aliphatic heterocycles. The van der Waals surface area contributed by atoms with Crippen LogP contribution < -0.4 is 10.6 Å². The third-order valence-electron chi connectivity index (χ3n) is 5.61. The Morgan fingerprint density at radius 1 is 1.00 bits per heavy atom. The number of alkyl halides is 3. The second-order valence-electron chi connectivity index (χ2n) is 7.62. The first kappa shape index (κ1) is 20.0. The van der Waals surface area contributed by atoms with Gasteiger partial charge in [0, 0.05) is 18.6 Å². The molecule has 1 aliphatic carbocycles. The number of halogens is 3. The molecule has 0 unspecified atom stereocenters. The second kappa shape index (κ2) is 8.95. The van der Waals surface area contributed by atoms with E-state index < -0.39 is 17.8 Å². The predicted molar refractivity (Wildman–Crippen MR) is 99.7 cm³/mol. The zero-order valence-electron chi connectivity index (χ0n) is 15.5. The number of carbonyl (C=O) groups is 1. The summed E-state index contributed by atoms with van der Waals surface area (Å²) >= 11 is 0. The number of anilines is 1. The van der Waals surface area contributed by atoms with Crippen LogP contribution in [0.15, 0.2) is 24.3 Å². The number of likely N-dealkylation sites (tertiary alicyclic amines) is 1. The molecule has 4 nitrogen and oxygen atoms in total. The fourth-order valence-electron chi connectivity index (χ4n) is 4.26. The molecular weight excluding hydrogens is 355 g/mol. The highest BCUT2D eigenvalue weighted by molar-refractivity contribution is 5.90. The van der Waals surface area contributed by atoms with E-state index in [1.807, 2.05) is 0 Å². The van der Waals surface area contributed by atoms with Gasteiger partial charge in [0.2, 0.25) is 0 Å². The highest BCUT2D eigenvalue weighted by Gasteiger charge is 2.34. The van der Waals surface area contributed by atoms with Gasteiger partial charge in [-0.05, 0) is 44.4 Å². The van der Waals surface area contributed by atoms with E-state index in [0.717, 1.165) is 32.0 Å². The molecule has 0 aromatic heterocycles. The summed E-state index contributed by atoms with van der Waals surface area (Å²) in [5.74, 6) is 0. The van der Waals surface area contributed by atoms with E-state index >= 15 is 0 Å². The second-order valence-corrected chi connectivity index (χ2v) is 7.62. The highest BCUT2D eigenvalue weighted by atomic mass is 19.4. The highest BCUT2D eigenvalue weighted by Crippen LogP contribution is 2.34. The van der Waals surface area contributed by atoms with E-state index in [0.29, 0.717) is 6.04 Å². The molecule has 0 bridgehead atoms. The number of para-hydroxylation sites is 1. The Balaban J connectivity index is 1.56. The van der Waals surface area contributed by atoms with Gasteiger partial charge in [0.05, 0.1) is 11.3 Å². The fourth-order valence-corrected chi connectivity index (χ4v) is 4.26. The van der Waals surface area contributed by atoms with Crippen LogP contribution in [0.25, 0.3) is 0 Å². The Labute approximate surface area is 158 Å². The lowest BCUT2D eigenvalue weighted by atomic mass is 10.00. The van der Waals surface area contributed by atoms with Crippen molar-refractivity contribution in [2.45, 2.75) is 69.6 Å². The standard InChI is InChI=1S/C20H28F3N3O/c21-20(22,23)17-11-5-6-12-18(17)25-19(27)24-15-8-7-13-26(14-15)16-9-3-1-2-4-10-16/h5-6,11-12,15-16H,1-4,7-10,13-14H2,(H2,24,25,27)/t15-/m1/s1. The Hall–Kier alpha value is -1.76. The van der Waals surface area contributed by atoms with Crippen LogP contribution in [-0.2, 0) is 6.18 Å². The minimum absolute atomic E-state index is 0.0277. The molecule has 3 rings (SSSR count). The number of nitrogens with one attached hydrogen (secondary N) is 2. The van der Waals surface area contributed by atoms with Gasteiger partial charge in [0.1, 0.15) is 0 Å². The smallest absolute Gasteiger partial charge is 0.334 e. The van der Waals surface area contributed by atoms with E-state index in [1.165, 1.54) is 56.7 Å². The van der Waals surface area contributed by atoms with E-state index in [2.05, 4.69) is 15.5 Å². The van der Waals surface area contributed by atoms with Crippen LogP contribution in [-0.4, -0.2) is 36.1 Å². The summed E-state index contributed by atoms with van der Waals surface area (Å²) in [6, 6.07) is 5.03. The zero-order chi connectivity index (χ0) is 19.3. The van der Waals surface area contributed by atoms with Crippen molar-refractivity contribution >= 4 is 11.7 Å². The Morgan fingerprint density at radius 2 is 1.70 bits per heavy atom. The molecule has 1 aromatic rings.